The van der Waals surface area contributed by atoms with Crippen LogP contribution in [-0.2, 0) is 20.6 Å². The molecule has 0 saturated heterocycles. The second-order valence-corrected chi connectivity index (χ2v) is 8.93. The third kappa shape index (κ3) is 3.42. The maximum atomic E-state index is 12.6. The summed E-state index contributed by atoms with van der Waals surface area (Å²) < 4.78 is 27.8. The lowest BCUT2D eigenvalue weighted by Gasteiger charge is -2.11. The number of para-hydroxylation sites is 2. The number of benzene rings is 3. The maximum absolute atomic E-state index is 12.6. The normalized spacial score (nSPS) is 15.7. The number of imidazole rings is 1. The largest absolute Gasteiger partial charge is 0.341 e. The van der Waals surface area contributed by atoms with Crippen molar-refractivity contribution in [1.29, 1.82) is 0 Å². The summed E-state index contributed by atoms with van der Waals surface area (Å²) in [5.74, 6) is -0.439. The zero-order chi connectivity index (χ0) is 20.7. The Kier molecular flexibility index (Phi) is 4.29. The number of nitrogens with one attached hydrogen (secondary N) is 3. The van der Waals surface area contributed by atoms with Crippen LogP contribution in [0.4, 0.5) is 11.4 Å². The van der Waals surface area contributed by atoms with E-state index in [4.69, 9.17) is 0 Å². The molecule has 0 fully saturated rings. The fraction of sp³-hybridized carbons (Fsp3) is 0.0909. The Bertz CT molecular complexity index is 1330. The number of aromatic nitrogens is 2. The van der Waals surface area contributed by atoms with Crippen LogP contribution >= 0.6 is 0 Å². The molecule has 1 aliphatic rings. The number of fused-ring (bicyclic) bond motifs is 2. The molecule has 3 aromatic carbocycles. The van der Waals surface area contributed by atoms with Crippen molar-refractivity contribution in [2.45, 2.75) is 11.7 Å². The van der Waals surface area contributed by atoms with Gasteiger partial charge in [-0.25, -0.2) is 13.4 Å². The summed E-state index contributed by atoms with van der Waals surface area (Å²) in [6.07, 6.45) is 0. The summed E-state index contributed by atoms with van der Waals surface area (Å²) >= 11 is 0. The lowest BCUT2D eigenvalue weighted by Crippen LogP contribution is -2.16. The van der Waals surface area contributed by atoms with Crippen molar-refractivity contribution in [3.05, 3.63) is 89.7 Å². The highest BCUT2D eigenvalue weighted by atomic mass is 32.2. The third-order valence-electron chi connectivity index (χ3n) is 5.04. The number of H-pyrrole nitrogens is 1. The van der Waals surface area contributed by atoms with Gasteiger partial charge in [-0.15, -0.1) is 0 Å². The molecule has 1 atom stereocenters. The SMILES string of the molecule is O=C1Nc2ccc(NS(=O)(=O)Cc3ccccc3)cc2C1c1nc2ccccc2[nH]1. The topological polar surface area (TPSA) is 104 Å². The van der Waals surface area contributed by atoms with Crippen molar-refractivity contribution in [2.24, 2.45) is 0 Å². The fourth-order valence-corrected chi connectivity index (χ4v) is 4.90. The summed E-state index contributed by atoms with van der Waals surface area (Å²) in [6, 6.07) is 21.6. The second-order valence-electron chi connectivity index (χ2n) is 7.21. The van der Waals surface area contributed by atoms with E-state index >= 15 is 0 Å². The number of nitrogens with zero attached hydrogens (tertiary/aromatic N) is 1. The van der Waals surface area contributed by atoms with Crippen molar-refractivity contribution in [3.8, 4) is 0 Å². The van der Waals surface area contributed by atoms with Crippen LogP contribution in [0.5, 0.6) is 0 Å². The number of carbonyl (C=O) groups is 1. The molecule has 150 valence electrons. The van der Waals surface area contributed by atoms with Gasteiger partial charge in [-0.3, -0.25) is 9.52 Å². The number of carbonyl (C=O) groups excluding carboxylic acids is 1. The predicted molar refractivity (Wildman–Crippen MR) is 116 cm³/mol. The number of amides is 1. The van der Waals surface area contributed by atoms with E-state index in [0.29, 0.717) is 28.3 Å². The van der Waals surface area contributed by atoms with Crippen molar-refractivity contribution in [1.82, 2.24) is 9.97 Å². The molecule has 0 aliphatic carbocycles. The number of sulfonamides is 1. The van der Waals surface area contributed by atoms with E-state index in [9.17, 15) is 13.2 Å². The first kappa shape index (κ1) is 18.4. The second kappa shape index (κ2) is 7.00. The summed E-state index contributed by atoms with van der Waals surface area (Å²) in [6.45, 7) is 0. The van der Waals surface area contributed by atoms with Crippen molar-refractivity contribution >= 4 is 38.3 Å². The summed E-state index contributed by atoms with van der Waals surface area (Å²) in [4.78, 5) is 20.4. The molecular formula is C22H18N4O3S. The van der Waals surface area contributed by atoms with Gasteiger partial charge in [0, 0.05) is 11.4 Å². The van der Waals surface area contributed by atoms with Gasteiger partial charge in [0.15, 0.2) is 0 Å². The van der Waals surface area contributed by atoms with Gasteiger partial charge in [0.05, 0.1) is 16.8 Å². The number of hydrogen-bond donors (Lipinski definition) is 3. The molecule has 1 aromatic heterocycles. The first-order valence-corrected chi connectivity index (χ1v) is 11.1. The molecule has 0 saturated carbocycles. The van der Waals surface area contributed by atoms with Crippen molar-refractivity contribution in [3.63, 3.8) is 0 Å². The number of anilines is 2. The highest BCUT2D eigenvalue weighted by Crippen LogP contribution is 2.38. The lowest BCUT2D eigenvalue weighted by atomic mass is 9.99. The minimum atomic E-state index is -3.60. The molecule has 0 radical (unpaired) electrons. The van der Waals surface area contributed by atoms with Gasteiger partial charge in [0.25, 0.3) is 0 Å². The lowest BCUT2D eigenvalue weighted by molar-refractivity contribution is -0.116. The Hall–Kier alpha value is -3.65. The molecule has 0 spiro atoms. The van der Waals surface area contributed by atoms with Crippen LogP contribution in [0.2, 0.25) is 0 Å². The minimum Gasteiger partial charge on any atom is -0.341 e. The number of aromatic amines is 1. The van der Waals surface area contributed by atoms with E-state index < -0.39 is 15.9 Å². The van der Waals surface area contributed by atoms with Crippen molar-refractivity contribution < 1.29 is 13.2 Å². The average Bonchev–Trinajstić information content (AvgIpc) is 3.27. The maximum Gasteiger partial charge on any atom is 0.239 e. The Morgan fingerprint density at radius 3 is 2.53 bits per heavy atom. The van der Waals surface area contributed by atoms with Gasteiger partial charge < -0.3 is 10.3 Å². The minimum absolute atomic E-state index is 0.130. The van der Waals surface area contributed by atoms with Gasteiger partial charge in [0.1, 0.15) is 11.7 Å². The quantitative estimate of drug-likeness (QED) is 0.461. The number of hydrogen-bond acceptors (Lipinski definition) is 4. The zero-order valence-corrected chi connectivity index (χ0v) is 16.6. The first-order valence-electron chi connectivity index (χ1n) is 9.42. The van der Waals surface area contributed by atoms with Gasteiger partial charge in [-0.05, 0) is 41.5 Å². The van der Waals surface area contributed by atoms with E-state index in [2.05, 4.69) is 20.0 Å². The predicted octanol–water partition coefficient (Wildman–Crippen LogP) is 3.59. The molecule has 7 nitrogen and oxygen atoms in total. The van der Waals surface area contributed by atoms with Crippen LogP contribution in [0, 0.1) is 0 Å². The van der Waals surface area contributed by atoms with E-state index in [1.807, 2.05) is 30.3 Å². The van der Waals surface area contributed by atoms with Gasteiger partial charge >= 0.3 is 0 Å². The molecule has 5 rings (SSSR count). The summed E-state index contributed by atoms with van der Waals surface area (Å²) in [7, 11) is -3.60. The molecule has 1 amide bonds. The molecule has 30 heavy (non-hydrogen) atoms. The Labute approximate surface area is 173 Å². The molecule has 1 aliphatic heterocycles. The highest BCUT2D eigenvalue weighted by molar-refractivity contribution is 7.91. The van der Waals surface area contributed by atoms with E-state index in [1.54, 1.807) is 42.5 Å². The van der Waals surface area contributed by atoms with E-state index in [0.717, 1.165) is 11.0 Å². The van der Waals surface area contributed by atoms with Crippen LogP contribution in [0.3, 0.4) is 0 Å². The monoisotopic (exact) mass is 418 g/mol. The van der Waals surface area contributed by atoms with Crippen LogP contribution < -0.4 is 10.0 Å². The Morgan fingerprint density at radius 1 is 0.967 bits per heavy atom. The van der Waals surface area contributed by atoms with Gasteiger partial charge in [-0.2, -0.15) is 0 Å². The van der Waals surface area contributed by atoms with Crippen LogP contribution in [0.15, 0.2) is 72.8 Å². The average molecular weight is 418 g/mol. The highest BCUT2D eigenvalue weighted by Gasteiger charge is 2.34. The van der Waals surface area contributed by atoms with E-state index in [1.165, 1.54) is 0 Å². The summed E-state index contributed by atoms with van der Waals surface area (Å²) in [5.41, 5.74) is 4.04. The zero-order valence-electron chi connectivity index (χ0n) is 15.8. The van der Waals surface area contributed by atoms with Crippen LogP contribution in [0.25, 0.3) is 11.0 Å². The van der Waals surface area contributed by atoms with Crippen LogP contribution in [-0.4, -0.2) is 24.3 Å². The van der Waals surface area contributed by atoms with Gasteiger partial charge in [-0.1, -0.05) is 42.5 Å². The van der Waals surface area contributed by atoms with Crippen molar-refractivity contribution in [2.75, 3.05) is 10.0 Å². The Morgan fingerprint density at radius 2 is 1.73 bits per heavy atom. The standard InChI is InChI=1S/C22H18N4O3S/c27-22-20(21-23-18-8-4-5-9-19(18)24-21)16-12-15(10-11-17(16)25-22)26-30(28,29)13-14-6-2-1-3-7-14/h1-12,20,26H,13H2,(H,23,24)(H,25,27). The molecule has 4 aromatic rings. The Balaban J connectivity index is 1.46. The smallest absolute Gasteiger partial charge is 0.239 e. The molecule has 3 N–H and O–H groups in total. The van der Waals surface area contributed by atoms with E-state index in [-0.39, 0.29) is 11.7 Å². The molecule has 8 heteroatoms. The third-order valence-corrected chi connectivity index (χ3v) is 6.30. The molecule has 0 bridgehead atoms. The van der Waals surface area contributed by atoms with Gasteiger partial charge in [0.2, 0.25) is 15.9 Å². The molecular weight excluding hydrogens is 400 g/mol. The number of rotatable bonds is 5. The van der Waals surface area contributed by atoms with Crippen LogP contribution in [0.1, 0.15) is 22.9 Å². The first-order chi connectivity index (χ1) is 14.5. The molecule has 2 heterocycles. The fourth-order valence-electron chi connectivity index (χ4n) is 3.72. The molecule has 1 unspecified atom stereocenters. The summed E-state index contributed by atoms with van der Waals surface area (Å²) in [5, 5.41) is 2.84.